The summed E-state index contributed by atoms with van der Waals surface area (Å²) in [5, 5.41) is 12.4. The predicted molar refractivity (Wildman–Crippen MR) is 46.9 cm³/mol. The zero-order valence-corrected chi connectivity index (χ0v) is 7.27. The van der Waals surface area contributed by atoms with Crippen LogP contribution in [0.1, 0.15) is 0 Å². The first-order valence-electron chi connectivity index (χ1n) is 4.33. The molecule has 4 heteroatoms. The molecule has 0 aromatic heterocycles. The van der Waals surface area contributed by atoms with E-state index in [1.54, 1.807) is 6.20 Å². The average Bonchev–Trinajstić information content (AvgIpc) is 2.72. The lowest BCUT2D eigenvalue weighted by molar-refractivity contribution is -0.101. The van der Waals surface area contributed by atoms with E-state index in [4.69, 9.17) is 9.47 Å². The second kappa shape index (κ2) is 3.49. The van der Waals surface area contributed by atoms with Crippen LogP contribution in [-0.4, -0.2) is 36.8 Å². The Morgan fingerprint density at radius 3 is 2.69 bits per heavy atom. The van der Waals surface area contributed by atoms with Crippen molar-refractivity contribution < 1.29 is 14.6 Å². The Kier molecular flexibility index (Phi) is 2.35. The number of aliphatic hydroxyl groups is 1. The van der Waals surface area contributed by atoms with E-state index < -0.39 is 11.8 Å². The summed E-state index contributed by atoms with van der Waals surface area (Å²) in [5.41, 5.74) is -0.606. The summed E-state index contributed by atoms with van der Waals surface area (Å²) >= 11 is 0. The molecule has 0 bridgehead atoms. The van der Waals surface area contributed by atoms with Crippen LogP contribution in [0.25, 0.3) is 0 Å². The summed E-state index contributed by atoms with van der Waals surface area (Å²) in [6.07, 6.45) is 6.99. The van der Waals surface area contributed by atoms with Gasteiger partial charge in [0.25, 0.3) is 0 Å². The Bertz CT molecular complexity index is 233. The van der Waals surface area contributed by atoms with Gasteiger partial charge in [0.1, 0.15) is 5.54 Å². The van der Waals surface area contributed by atoms with Crippen molar-refractivity contribution in [3.63, 3.8) is 0 Å². The molecule has 2 aliphatic rings. The molecule has 13 heavy (non-hydrogen) atoms. The number of ether oxygens (including phenoxy) is 2. The quantitative estimate of drug-likeness (QED) is 0.620. The molecule has 0 saturated carbocycles. The Morgan fingerprint density at radius 2 is 2.15 bits per heavy atom. The van der Waals surface area contributed by atoms with Gasteiger partial charge in [0, 0.05) is 0 Å². The first-order valence-corrected chi connectivity index (χ1v) is 4.33. The smallest absolute Gasteiger partial charge is 0.186 e. The molecule has 2 aliphatic heterocycles. The molecule has 2 heterocycles. The van der Waals surface area contributed by atoms with Gasteiger partial charge in [-0.15, -0.1) is 0 Å². The molecular weight excluding hydrogens is 170 g/mol. The van der Waals surface area contributed by atoms with E-state index in [9.17, 15) is 5.11 Å². The molecule has 0 spiro atoms. The molecule has 1 fully saturated rings. The number of hydrogen-bond acceptors (Lipinski definition) is 4. The van der Waals surface area contributed by atoms with Gasteiger partial charge in [-0.25, -0.2) is 0 Å². The fourth-order valence-electron chi connectivity index (χ4n) is 1.51. The van der Waals surface area contributed by atoms with E-state index >= 15 is 0 Å². The van der Waals surface area contributed by atoms with Crippen LogP contribution in [0.2, 0.25) is 0 Å². The van der Waals surface area contributed by atoms with Crippen molar-refractivity contribution in [1.29, 1.82) is 0 Å². The van der Waals surface area contributed by atoms with Crippen LogP contribution in [0.4, 0.5) is 0 Å². The average molecular weight is 183 g/mol. The number of nitrogens with one attached hydrogen (secondary N) is 1. The lowest BCUT2D eigenvalue weighted by atomic mass is 9.97. The van der Waals surface area contributed by atoms with Crippen LogP contribution in [-0.2, 0) is 9.47 Å². The van der Waals surface area contributed by atoms with Gasteiger partial charge in [-0.05, 0) is 12.3 Å². The number of rotatable bonds is 2. The third-order valence-electron chi connectivity index (χ3n) is 2.26. The maximum Gasteiger partial charge on any atom is 0.186 e. The second-order valence-electron chi connectivity index (χ2n) is 3.13. The molecule has 0 aliphatic carbocycles. The maximum atomic E-state index is 9.29. The highest BCUT2D eigenvalue weighted by Gasteiger charge is 2.40. The number of dihydropyridines is 1. The van der Waals surface area contributed by atoms with E-state index in [2.05, 4.69) is 5.32 Å². The van der Waals surface area contributed by atoms with E-state index in [0.29, 0.717) is 13.2 Å². The first-order chi connectivity index (χ1) is 6.37. The van der Waals surface area contributed by atoms with Gasteiger partial charge in [-0.1, -0.05) is 12.2 Å². The van der Waals surface area contributed by atoms with Crippen LogP contribution in [0.5, 0.6) is 0 Å². The standard InChI is InChI=1S/C9H13NO3/c11-7-9(3-1-2-4-10-9)8-12-5-6-13-8/h1-4,8,10-11H,5-7H2. The molecule has 0 amide bonds. The van der Waals surface area contributed by atoms with E-state index in [1.807, 2.05) is 18.2 Å². The molecule has 4 nitrogen and oxygen atoms in total. The normalized spacial score (nSPS) is 33.6. The molecule has 72 valence electrons. The molecule has 1 unspecified atom stereocenters. The maximum absolute atomic E-state index is 9.29. The third-order valence-corrected chi connectivity index (χ3v) is 2.26. The highest BCUT2D eigenvalue weighted by atomic mass is 16.7. The number of hydrogen-bond donors (Lipinski definition) is 2. The van der Waals surface area contributed by atoms with Crippen molar-refractivity contribution in [1.82, 2.24) is 5.32 Å². The largest absolute Gasteiger partial charge is 0.393 e. The van der Waals surface area contributed by atoms with Crippen LogP contribution in [0.15, 0.2) is 24.4 Å². The fraction of sp³-hybridized carbons (Fsp3) is 0.556. The molecule has 0 aromatic rings. The lowest BCUT2D eigenvalue weighted by Gasteiger charge is -2.34. The van der Waals surface area contributed by atoms with Crippen molar-refractivity contribution >= 4 is 0 Å². The minimum atomic E-state index is -0.606. The Morgan fingerprint density at radius 1 is 1.38 bits per heavy atom. The molecule has 1 saturated heterocycles. The zero-order chi connectivity index (χ0) is 9.15. The van der Waals surface area contributed by atoms with Crippen molar-refractivity contribution in [3.05, 3.63) is 24.4 Å². The van der Waals surface area contributed by atoms with Crippen molar-refractivity contribution in [2.45, 2.75) is 11.8 Å². The van der Waals surface area contributed by atoms with Gasteiger partial charge in [-0.3, -0.25) is 0 Å². The fourth-order valence-corrected chi connectivity index (χ4v) is 1.51. The minimum absolute atomic E-state index is 0.0431. The topological polar surface area (TPSA) is 50.7 Å². The zero-order valence-electron chi connectivity index (χ0n) is 7.27. The Labute approximate surface area is 76.8 Å². The van der Waals surface area contributed by atoms with Gasteiger partial charge in [0.05, 0.1) is 19.8 Å². The van der Waals surface area contributed by atoms with Gasteiger partial charge >= 0.3 is 0 Å². The van der Waals surface area contributed by atoms with Crippen LogP contribution in [0, 0.1) is 0 Å². The predicted octanol–water partition coefficient (Wildman–Crippen LogP) is -0.237. The van der Waals surface area contributed by atoms with Gasteiger partial charge in [-0.2, -0.15) is 0 Å². The SMILES string of the molecule is OCC1(C2OCCO2)C=CC=CN1. The molecule has 1 atom stereocenters. The Hall–Kier alpha value is -0.840. The highest BCUT2D eigenvalue weighted by Crippen LogP contribution is 2.22. The first kappa shape index (κ1) is 8.74. The van der Waals surface area contributed by atoms with E-state index in [-0.39, 0.29) is 6.61 Å². The van der Waals surface area contributed by atoms with Crippen LogP contribution >= 0.6 is 0 Å². The molecule has 0 radical (unpaired) electrons. The van der Waals surface area contributed by atoms with Crippen molar-refractivity contribution in [3.8, 4) is 0 Å². The number of allylic oxidation sites excluding steroid dienone is 2. The monoisotopic (exact) mass is 183 g/mol. The molecule has 0 aromatic carbocycles. The molecular formula is C9H13NO3. The van der Waals surface area contributed by atoms with Crippen LogP contribution in [0.3, 0.4) is 0 Å². The summed E-state index contributed by atoms with van der Waals surface area (Å²) in [5.74, 6) is 0. The van der Waals surface area contributed by atoms with E-state index in [0.717, 1.165) is 0 Å². The summed E-state index contributed by atoms with van der Waals surface area (Å²) in [6, 6.07) is 0. The summed E-state index contributed by atoms with van der Waals surface area (Å²) in [6.45, 7) is 1.13. The van der Waals surface area contributed by atoms with E-state index in [1.165, 1.54) is 0 Å². The van der Waals surface area contributed by atoms with Gasteiger partial charge < -0.3 is 19.9 Å². The second-order valence-corrected chi connectivity index (χ2v) is 3.13. The molecule has 2 rings (SSSR count). The van der Waals surface area contributed by atoms with Crippen molar-refractivity contribution in [2.75, 3.05) is 19.8 Å². The summed E-state index contributed by atoms with van der Waals surface area (Å²) in [7, 11) is 0. The number of aliphatic hydroxyl groups excluding tert-OH is 1. The summed E-state index contributed by atoms with van der Waals surface area (Å²) < 4.78 is 10.7. The highest BCUT2D eigenvalue weighted by molar-refractivity contribution is 5.21. The van der Waals surface area contributed by atoms with Crippen molar-refractivity contribution in [2.24, 2.45) is 0 Å². The minimum Gasteiger partial charge on any atom is -0.393 e. The van der Waals surface area contributed by atoms with Gasteiger partial charge in [0.15, 0.2) is 6.29 Å². The van der Waals surface area contributed by atoms with Gasteiger partial charge in [0.2, 0.25) is 0 Å². The lowest BCUT2D eigenvalue weighted by Crippen LogP contribution is -2.55. The van der Waals surface area contributed by atoms with Crippen LogP contribution < -0.4 is 5.32 Å². The Balaban J connectivity index is 2.14. The summed E-state index contributed by atoms with van der Waals surface area (Å²) in [4.78, 5) is 0. The molecule has 2 N–H and O–H groups in total. The third kappa shape index (κ3) is 1.48.